The zero-order chi connectivity index (χ0) is 20.9. The van der Waals surface area contributed by atoms with E-state index < -0.39 is 0 Å². The topological polar surface area (TPSA) is 68.3 Å². The molecule has 0 fully saturated rings. The number of aryl methyl sites for hydroxylation is 2. The molecule has 0 aliphatic heterocycles. The van der Waals surface area contributed by atoms with Gasteiger partial charge in [0.1, 0.15) is 5.75 Å². The molecule has 6 heteroatoms. The molecule has 1 N–H and O–H groups in total. The Kier molecular flexibility index (Phi) is 10.4. The van der Waals surface area contributed by atoms with Crippen molar-refractivity contribution in [2.24, 2.45) is 0 Å². The Labute approximate surface area is 177 Å². The maximum absolute atomic E-state index is 12.3. The number of carbonyl (C=O) groups is 2. The van der Waals surface area contributed by atoms with Gasteiger partial charge in [-0.25, -0.2) is 4.98 Å². The summed E-state index contributed by atoms with van der Waals surface area (Å²) in [7, 11) is 0. The minimum Gasteiger partial charge on any atom is -0.494 e. The number of carbonyl (C=O) groups excluding carboxylic acids is 2. The molecule has 5 nitrogen and oxygen atoms in total. The lowest BCUT2D eigenvalue weighted by atomic mass is 10.1. The molecule has 1 aromatic carbocycles. The van der Waals surface area contributed by atoms with Crippen LogP contribution in [0.2, 0.25) is 0 Å². The molecule has 1 amide bonds. The van der Waals surface area contributed by atoms with Gasteiger partial charge in [0.25, 0.3) is 0 Å². The number of hydrogen-bond acceptors (Lipinski definition) is 5. The smallest absolute Gasteiger partial charge is 0.220 e. The van der Waals surface area contributed by atoms with Gasteiger partial charge in [0.15, 0.2) is 5.78 Å². The van der Waals surface area contributed by atoms with Crippen LogP contribution in [0, 0.1) is 6.92 Å². The standard InChI is InChI=1S/C23H32N2O3S/c1-3-4-7-16-28-20-11-9-19(10-12-20)21(26)13-14-22(27)24-15-6-5-8-23-25-18(2)17-29-23/h9-12,17H,3-8,13-16H2,1-2H3,(H,24,27). The summed E-state index contributed by atoms with van der Waals surface area (Å²) in [4.78, 5) is 28.6. The first-order chi connectivity index (χ1) is 14.1. The van der Waals surface area contributed by atoms with Gasteiger partial charge in [-0.1, -0.05) is 19.8 Å². The van der Waals surface area contributed by atoms with Crippen LogP contribution in [0.5, 0.6) is 5.75 Å². The van der Waals surface area contributed by atoms with Crippen molar-refractivity contribution in [3.63, 3.8) is 0 Å². The Morgan fingerprint density at radius 2 is 1.86 bits per heavy atom. The van der Waals surface area contributed by atoms with E-state index in [0.29, 0.717) is 18.7 Å². The van der Waals surface area contributed by atoms with E-state index in [2.05, 4.69) is 22.6 Å². The predicted molar refractivity (Wildman–Crippen MR) is 118 cm³/mol. The molecule has 0 bridgehead atoms. The lowest BCUT2D eigenvalue weighted by molar-refractivity contribution is -0.121. The molecule has 0 unspecified atom stereocenters. The van der Waals surface area contributed by atoms with Crippen molar-refractivity contribution in [3.8, 4) is 5.75 Å². The maximum Gasteiger partial charge on any atom is 0.220 e. The highest BCUT2D eigenvalue weighted by atomic mass is 32.1. The van der Waals surface area contributed by atoms with Crippen LogP contribution in [0.15, 0.2) is 29.6 Å². The number of rotatable bonds is 14. The first-order valence-electron chi connectivity index (χ1n) is 10.5. The zero-order valence-corrected chi connectivity index (χ0v) is 18.4. The average Bonchev–Trinajstić information content (AvgIpc) is 3.14. The Morgan fingerprint density at radius 1 is 1.07 bits per heavy atom. The summed E-state index contributed by atoms with van der Waals surface area (Å²) in [5.41, 5.74) is 1.69. The predicted octanol–water partition coefficient (Wildman–Crippen LogP) is 5.12. The molecular formula is C23H32N2O3S. The fourth-order valence-electron chi connectivity index (χ4n) is 2.89. The van der Waals surface area contributed by atoms with Crippen molar-refractivity contribution >= 4 is 23.0 Å². The first kappa shape index (κ1) is 23.1. The second kappa shape index (κ2) is 13.1. The number of nitrogens with one attached hydrogen (secondary N) is 1. The summed E-state index contributed by atoms with van der Waals surface area (Å²) in [5, 5.41) is 6.10. The fourth-order valence-corrected chi connectivity index (χ4v) is 3.70. The van der Waals surface area contributed by atoms with E-state index in [4.69, 9.17) is 4.74 Å². The molecule has 29 heavy (non-hydrogen) atoms. The molecular weight excluding hydrogens is 384 g/mol. The van der Waals surface area contributed by atoms with Gasteiger partial charge in [-0.05, 0) is 56.9 Å². The van der Waals surface area contributed by atoms with Crippen molar-refractivity contribution in [2.45, 2.75) is 65.2 Å². The van der Waals surface area contributed by atoms with Crippen molar-refractivity contribution < 1.29 is 14.3 Å². The van der Waals surface area contributed by atoms with Crippen LogP contribution in [0.1, 0.15) is 72.9 Å². The van der Waals surface area contributed by atoms with Crippen molar-refractivity contribution in [3.05, 3.63) is 45.9 Å². The van der Waals surface area contributed by atoms with Gasteiger partial charge in [-0.15, -0.1) is 11.3 Å². The zero-order valence-electron chi connectivity index (χ0n) is 17.5. The molecule has 1 heterocycles. The highest BCUT2D eigenvalue weighted by molar-refractivity contribution is 7.09. The Morgan fingerprint density at radius 3 is 2.55 bits per heavy atom. The lowest BCUT2D eigenvalue weighted by Crippen LogP contribution is -2.24. The summed E-state index contributed by atoms with van der Waals surface area (Å²) in [6.07, 6.45) is 6.67. The summed E-state index contributed by atoms with van der Waals surface area (Å²) in [6.45, 7) is 5.50. The Hall–Kier alpha value is -2.21. The van der Waals surface area contributed by atoms with Crippen molar-refractivity contribution in [1.29, 1.82) is 0 Å². The monoisotopic (exact) mass is 416 g/mol. The summed E-state index contributed by atoms with van der Waals surface area (Å²) >= 11 is 1.69. The number of aromatic nitrogens is 1. The number of benzene rings is 1. The van der Waals surface area contributed by atoms with E-state index in [1.54, 1.807) is 23.5 Å². The van der Waals surface area contributed by atoms with Crippen molar-refractivity contribution in [2.75, 3.05) is 13.2 Å². The number of amides is 1. The molecule has 0 radical (unpaired) electrons. The molecule has 0 atom stereocenters. The molecule has 2 rings (SSSR count). The van der Waals surface area contributed by atoms with Crippen LogP contribution >= 0.6 is 11.3 Å². The van der Waals surface area contributed by atoms with Gasteiger partial charge in [0.05, 0.1) is 11.6 Å². The van der Waals surface area contributed by atoms with Crippen LogP contribution in [-0.2, 0) is 11.2 Å². The number of thiazole rings is 1. The van der Waals surface area contributed by atoms with Gasteiger partial charge in [0, 0.05) is 36.0 Å². The van der Waals surface area contributed by atoms with Gasteiger partial charge >= 0.3 is 0 Å². The third-order valence-electron chi connectivity index (χ3n) is 4.58. The lowest BCUT2D eigenvalue weighted by Gasteiger charge is -2.07. The third kappa shape index (κ3) is 9.22. The van der Waals surface area contributed by atoms with E-state index >= 15 is 0 Å². The summed E-state index contributed by atoms with van der Waals surface area (Å²) in [6, 6.07) is 7.19. The largest absolute Gasteiger partial charge is 0.494 e. The summed E-state index contributed by atoms with van der Waals surface area (Å²) in [5.74, 6) is 0.694. The Bertz CT molecular complexity index is 756. The minimum absolute atomic E-state index is 0.0168. The number of unbranched alkanes of at least 4 members (excludes halogenated alkanes) is 3. The van der Waals surface area contributed by atoms with E-state index in [1.165, 1.54) is 0 Å². The van der Waals surface area contributed by atoms with E-state index in [9.17, 15) is 9.59 Å². The molecule has 0 aliphatic carbocycles. The second-order valence-corrected chi connectivity index (χ2v) is 8.14. The minimum atomic E-state index is -0.0701. The number of ketones is 1. The SMILES string of the molecule is CCCCCOc1ccc(C(=O)CCC(=O)NCCCCc2nc(C)cs2)cc1. The average molecular weight is 417 g/mol. The number of Topliss-reactive ketones (excluding diaryl/α,β-unsaturated/α-hetero) is 1. The summed E-state index contributed by atoms with van der Waals surface area (Å²) < 4.78 is 5.66. The molecule has 158 valence electrons. The molecule has 0 saturated heterocycles. The van der Waals surface area contributed by atoms with Crippen LogP contribution < -0.4 is 10.1 Å². The normalized spacial score (nSPS) is 10.7. The van der Waals surface area contributed by atoms with Gasteiger partial charge in [0.2, 0.25) is 5.91 Å². The molecule has 2 aromatic rings. The van der Waals surface area contributed by atoms with Crippen molar-refractivity contribution in [1.82, 2.24) is 10.3 Å². The highest BCUT2D eigenvalue weighted by Crippen LogP contribution is 2.15. The van der Waals surface area contributed by atoms with Crippen LogP contribution in [0.3, 0.4) is 0 Å². The van der Waals surface area contributed by atoms with Gasteiger partial charge in [-0.2, -0.15) is 0 Å². The molecule has 0 aliphatic rings. The fraction of sp³-hybridized carbons (Fsp3) is 0.522. The maximum atomic E-state index is 12.3. The first-order valence-corrected chi connectivity index (χ1v) is 11.4. The van der Waals surface area contributed by atoms with E-state index in [-0.39, 0.29) is 24.5 Å². The van der Waals surface area contributed by atoms with Crippen LogP contribution in [0.25, 0.3) is 0 Å². The van der Waals surface area contributed by atoms with Gasteiger partial charge < -0.3 is 10.1 Å². The van der Waals surface area contributed by atoms with Crippen LogP contribution in [0.4, 0.5) is 0 Å². The quantitative estimate of drug-likeness (QED) is 0.343. The second-order valence-electron chi connectivity index (χ2n) is 7.19. The van der Waals surface area contributed by atoms with Crippen LogP contribution in [-0.4, -0.2) is 29.8 Å². The molecule has 0 saturated carbocycles. The van der Waals surface area contributed by atoms with Gasteiger partial charge in [-0.3, -0.25) is 9.59 Å². The third-order valence-corrected chi connectivity index (χ3v) is 5.60. The number of nitrogens with zero attached hydrogens (tertiary/aromatic N) is 1. The Balaban J connectivity index is 1.58. The number of ether oxygens (including phenoxy) is 1. The number of hydrogen-bond donors (Lipinski definition) is 1. The molecule has 1 aromatic heterocycles. The van der Waals surface area contributed by atoms with E-state index in [0.717, 1.165) is 55.0 Å². The van der Waals surface area contributed by atoms with E-state index in [1.807, 2.05) is 19.1 Å². The molecule has 0 spiro atoms. The highest BCUT2D eigenvalue weighted by Gasteiger charge is 2.09.